The number of halogens is 6. The number of hydrogen-bond donors (Lipinski definition) is 0. The molecule has 6 nitrogen and oxygen atoms in total. The van der Waals surface area contributed by atoms with Crippen LogP contribution in [0, 0.1) is 0 Å². The maximum absolute atomic E-state index is 10.7. The molecule has 0 aliphatic rings. The van der Waals surface area contributed by atoms with E-state index in [0.717, 1.165) is 0 Å². The van der Waals surface area contributed by atoms with E-state index in [1.54, 1.807) is 12.4 Å². The van der Waals surface area contributed by atoms with Crippen molar-refractivity contribution in [2.75, 3.05) is 28.2 Å². The maximum atomic E-state index is 9.87. The Morgan fingerprint density at radius 1 is 1.15 bits per heavy atom. The van der Waals surface area contributed by atoms with Crippen LogP contribution < -0.4 is 4.84 Å². The first-order valence-electron chi connectivity index (χ1n) is 4.89. The minimum absolute atomic E-state index is 0.686. The van der Waals surface area contributed by atoms with Gasteiger partial charge in [-0.15, -0.1) is 5.10 Å². The Morgan fingerprint density at radius 3 is 1.85 bits per heavy atom. The molecule has 20 heavy (non-hydrogen) atoms. The Hall–Kier alpha value is -1.58. The van der Waals surface area contributed by atoms with E-state index in [1.165, 1.54) is 4.85 Å². The van der Waals surface area contributed by atoms with Gasteiger partial charge in [0, 0.05) is 0 Å². The second kappa shape index (κ2) is 5.08. The predicted octanol–water partition coefficient (Wildman–Crippen LogP) is 2.28. The van der Waals surface area contributed by atoms with Gasteiger partial charge in [-0.3, -0.25) is 4.84 Å². The summed E-state index contributed by atoms with van der Waals surface area (Å²) in [5, 5.41) is 7.32. The molecule has 0 atom stereocenters. The van der Waals surface area contributed by atoms with Crippen molar-refractivity contribution < 1.29 is 34.6 Å². The average molecular weight is 329 g/mol. The van der Waals surface area contributed by atoms with Crippen LogP contribution in [0.1, 0.15) is 0 Å². The van der Waals surface area contributed by atoms with Crippen molar-refractivity contribution in [1.82, 2.24) is 20.1 Å². The number of aromatic nitrogens is 3. The summed E-state index contributed by atoms with van der Waals surface area (Å²) in [4.78, 5) is 8.54. The molecule has 1 aromatic rings. The topological polar surface area (TPSA) is 46.2 Å². The van der Waals surface area contributed by atoms with Gasteiger partial charge in [-0.25, -0.2) is 9.48 Å². The molecule has 1 rings (SSSR count). The summed E-state index contributed by atoms with van der Waals surface area (Å²) in [7, 11) is -3.08. The van der Waals surface area contributed by atoms with Gasteiger partial charge in [0.1, 0.15) is 0 Å². The summed E-state index contributed by atoms with van der Waals surface area (Å²) in [6.07, 6.45) is 3.19. The molecular weight excluding hydrogens is 315 g/mol. The Morgan fingerprint density at radius 2 is 1.60 bits per heavy atom. The predicted molar refractivity (Wildman–Crippen MR) is 61.0 cm³/mol. The third-order valence-corrected chi connectivity index (χ3v) is 1.34. The van der Waals surface area contributed by atoms with E-state index >= 15 is 0 Å². The van der Waals surface area contributed by atoms with Crippen molar-refractivity contribution >= 4 is 13.8 Å². The third-order valence-electron chi connectivity index (χ3n) is 1.34. The molecule has 120 valence electrons. The summed E-state index contributed by atoms with van der Waals surface area (Å²) in [5.41, 5.74) is 0. The van der Waals surface area contributed by atoms with Crippen molar-refractivity contribution in [2.45, 2.75) is 0 Å². The van der Waals surface area contributed by atoms with Crippen molar-refractivity contribution in [3.63, 3.8) is 0 Å². The fraction of sp³-hybridized carbons (Fsp3) is 0.571. The molecule has 0 unspecified atom stereocenters. The van der Waals surface area contributed by atoms with Gasteiger partial charge in [0.05, 0.1) is 40.6 Å². The van der Waals surface area contributed by atoms with Crippen LogP contribution in [0.4, 0.5) is 25.2 Å². The Bertz CT molecular complexity index is 451. The second-order valence-corrected chi connectivity index (χ2v) is 5.84. The van der Waals surface area contributed by atoms with Gasteiger partial charge < -0.3 is 0 Å². The summed E-state index contributed by atoms with van der Waals surface area (Å²) < 4.78 is 61.0. The van der Waals surface area contributed by atoms with Crippen LogP contribution in [0.5, 0.6) is 0 Å². The molecule has 0 fully saturated rings. The van der Waals surface area contributed by atoms with E-state index in [9.17, 15) is 25.2 Å². The van der Waals surface area contributed by atoms with Gasteiger partial charge in [-0.2, -0.15) is 0 Å². The number of rotatable bonds is 1. The van der Waals surface area contributed by atoms with Crippen molar-refractivity contribution in [1.29, 1.82) is 0 Å². The molecule has 0 aliphatic carbocycles. The van der Waals surface area contributed by atoms with Gasteiger partial charge in [-0.1, -0.05) is 4.85 Å². The first kappa shape index (κ1) is 18.4. The van der Waals surface area contributed by atoms with Crippen molar-refractivity contribution in [3.05, 3.63) is 12.4 Å². The molecule has 0 amide bonds. The van der Waals surface area contributed by atoms with Gasteiger partial charge in [0.25, 0.3) is 0 Å². The molecule has 1 aromatic heterocycles. The molecule has 0 saturated carbocycles. The molecule has 0 radical (unpaired) electrons. The van der Waals surface area contributed by atoms with Gasteiger partial charge >= 0.3 is 39.0 Å². The standard InChI is InChI=1S/C7H14N5O.F6P/c1-10(2)7(11(3)4)13-12-6-5-8-9-12;1-7(2,3,4,5)6/h5-6H,1-4H3;/q+1;-1. The third kappa shape index (κ3) is 12.9. The SMILES string of the molecule is CN(C)C(On1ccnn1)=[N+](C)C.F[P-](F)(F)(F)(F)F. The molecule has 0 spiro atoms. The van der Waals surface area contributed by atoms with Crippen LogP contribution in [0.3, 0.4) is 0 Å². The molecular formula is C7H14F6N5OP. The van der Waals surface area contributed by atoms with E-state index in [-0.39, 0.29) is 0 Å². The van der Waals surface area contributed by atoms with Crippen LogP contribution in [0.15, 0.2) is 12.4 Å². The summed E-state index contributed by atoms with van der Waals surface area (Å²) in [6.45, 7) is 0. The first-order chi connectivity index (χ1) is 8.56. The fourth-order valence-electron chi connectivity index (χ4n) is 0.893. The molecule has 0 aliphatic heterocycles. The zero-order chi connectivity index (χ0) is 16.3. The summed E-state index contributed by atoms with van der Waals surface area (Å²) in [5.74, 6) is 0. The fourth-order valence-corrected chi connectivity index (χ4v) is 0.893. The van der Waals surface area contributed by atoms with Crippen LogP contribution in [0.25, 0.3) is 0 Å². The van der Waals surface area contributed by atoms with Gasteiger partial charge in [0.15, 0.2) is 0 Å². The molecule has 0 saturated heterocycles. The van der Waals surface area contributed by atoms with Gasteiger partial charge in [-0.05, 0) is 5.21 Å². The molecule has 0 bridgehead atoms. The van der Waals surface area contributed by atoms with Crippen molar-refractivity contribution in [3.8, 4) is 0 Å². The van der Waals surface area contributed by atoms with Crippen LogP contribution in [0.2, 0.25) is 0 Å². The Labute approximate surface area is 110 Å². The van der Waals surface area contributed by atoms with E-state index in [0.29, 0.717) is 6.02 Å². The minimum atomic E-state index is -10.7. The summed E-state index contributed by atoms with van der Waals surface area (Å²) >= 11 is 0. The molecule has 0 N–H and O–H groups in total. The quantitative estimate of drug-likeness (QED) is 0.261. The average Bonchev–Trinajstić information content (AvgIpc) is 2.59. The van der Waals surface area contributed by atoms with E-state index in [2.05, 4.69) is 10.3 Å². The van der Waals surface area contributed by atoms with Gasteiger partial charge in [0.2, 0.25) is 0 Å². The zero-order valence-corrected chi connectivity index (χ0v) is 11.9. The van der Waals surface area contributed by atoms with Crippen molar-refractivity contribution in [2.24, 2.45) is 0 Å². The zero-order valence-electron chi connectivity index (χ0n) is 11.0. The van der Waals surface area contributed by atoms with E-state index < -0.39 is 7.81 Å². The Balaban J connectivity index is 0.000000441. The van der Waals surface area contributed by atoms with E-state index in [1.807, 2.05) is 37.7 Å². The number of hydrogen-bond acceptors (Lipinski definition) is 3. The number of nitrogens with zero attached hydrogens (tertiary/aromatic N) is 5. The molecule has 13 heteroatoms. The Kier molecular flexibility index (Phi) is 4.67. The summed E-state index contributed by atoms with van der Waals surface area (Å²) in [6, 6.07) is 0.686. The second-order valence-electron chi connectivity index (χ2n) is 3.93. The monoisotopic (exact) mass is 329 g/mol. The molecule has 0 aromatic carbocycles. The first-order valence-corrected chi connectivity index (χ1v) is 6.92. The van der Waals surface area contributed by atoms with Crippen LogP contribution >= 0.6 is 7.81 Å². The van der Waals surface area contributed by atoms with Crippen LogP contribution in [-0.2, 0) is 0 Å². The van der Waals surface area contributed by atoms with Crippen LogP contribution in [-0.4, -0.2) is 58.8 Å². The normalized spacial score (nSPS) is 14.3. The number of amidine groups is 1. The molecule has 1 heterocycles. The van der Waals surface area contributed by atoms with E-state index in [4.69, 9.17) is 4.84 Å².